The number of rotatable bonds is 5. The molecule has 1 unspecified atom stereocenters. The molecule has 1 atom stereocenters. The maximum absolute atomic E-state index is 12.1. The first-order chi connectivity index (χ1) is 10.2. The van der Waals surface area contributed by atoms with E-state index in [9.17, 15) is 9.59 Å². The molecule has 8 nitrogen and oxygen atoms in total. The van der Waals surface area contributed by atoms with E-state index in [-0.39, 0.29) is 18.4 Å². The first-order valence-electron chi connectivity index (χ1n) is 6.76. The van der Waals surface area contributed by atoms with E-state index in [0.29, 0.717) is 24.0 Å². The molecule has 3 amide bonds. The summed E-state index contributed by atoms with van der Waals surface area (Å²) in [6.07, 6.45) is 2.55. The zero-order chi connectivity index (χ0) is 14.8. The summed E-state index contributed by atoms with van der Waals surface area (Å²) in [6.45, 7) is 2.34. The number of nitrogens with one attached hydrogen (secondary N) is 2. The van der Waals surface area contributed by atoms with Crippen LogP contribution >= 0.6 is 0 Å². The Morgan fingerprint density at radius 1 is 1.43 bits per heavy atom. The average molecular weight is 289 g/mol. The second-order valence-corrected chi connectivity index (χ2v) is 4.78. The number of aromatic nitrogens is 3. The van der Waals surface area contributed by atoms with Crippen LogP contribution in [-0.2, 0) is 11.2 Å². The van der Waals surface area contributed by atoms with Crippen molar-refractivity contribution < 1.29 is 14.0 Å². The molecule has 2 N–H and O–H groups in total. The summed E-state index contributed by atoms with van der Waals surface area (Å²) in [4.78, 5) is 29.3. The molecule has 110 valence electrons. The van der Waals surface area contributed by atoms with E-state index in [4.69, 9.17) is 4.42 Å². The van der Waals surface area contributed by atoms with Gasteiger partial charge in [-0.15, -0.1) is 0 Å². The minimum Gasteiger partial charge on any atom is -0.461 e. The SMILES string of the molecule is CCCN1C(=O)NC(Cc2nc(-c3ccco3)n[nH]2)C1=O. The normalized spacial score (nSPS) is 18.3. The van der Waals surface area contributed by atoms with Crippen LogP contribution in [0.3, 0.4) is 0 Å². The van der Waals surface area contributed by atoms with Crippen molar-refractivity contribution in [2.24, 2.45) is 0 Å². The van der Waals surface area contributed by atoms with Gasteiger partial charge in [-0.1, -0.05) is 6.92 Å². The highest BCUT2D eigenvalue weighted by Crippen LogP contribution is 2.16. The van der Waals surface area contributed by atoms with Gasteiger partial charge in [-0.25, -0.2) is 9.78 Å². The highest BCUT2D eigenvalue weighted by atomic mass is 16.3. The van der Waals surface area contributed by atoms with E-state index in [1.54, 1.807) is 12.1 Å². The Hall–Kier alpha value is -2.64. The van der Waals surface area contributed by atoms with Crippen molar-refractivity contribution in [3.05, 3.63) is 24.2 Å². The Bertz CT molecular complexity index is 649. The molecule has 3 heterocycles. The van der Waals surface area contributed by atoms with Crippen LogP contribution in [0.25, 0.3) is 11.6 Å². The number of furan rings is 1. The van der Waals surface area contributed by atoms with Crippen LogP contribution in [0.4, 0.5) is 4.79 Å². The summed E-state index contributed by atoms with van der Waals surface area (Å²) in [5.74, 6) is 1.28. The number of amides is 3. The Labute approximate surface area is 120 Å². The van der Waals surface area contributed by atoms with E-state index >= 15 is 0 Å². The molecule has 1 aliphatic rings. The number of aromatic amines is 1. The number of H-pyrrole nitrogens is 1. The van der Waals surface area contributed by atoms with Gasteiger partial charge in [0.05, 0.1) is 6.26 Å². The molecule has 21 heavy (non-hydrogen) atoms. The van der Waals surface area contributed by atoms with Crippen molar-refractivity contribution in [2.75, 3.05) is 6.54 Å². The van der Waals surface area contributed by atoms with Crippen LogP contribution in [0.1, 0.15) is 19.2 Å². The molecule has 1 aliphatic heterocycles. The van der Waals surface area contributed by atoms with Crippen molar-refractivity contribution >= 4 is 11.9 Å². The highest BCUT2D eigenvalue weighted by molar-refractivity contribution is 6.04. The molecule has 0 spiro atoms. The smallest absolute Gasteiger partial charge is 0.324 e. The molecule has 0 saturated carbocycles. The topological polar surface area (TPSA) is 104 Å². The lowest BCUT2D eigenvalue weighted by Gasteiger charge is -2.10. The summed E-state index contributed by atoms with van der Waals surface area (Å²) in [6, 6.07) is 2.55. The summed E-state index contributed by atoms with van der Waals surface area (Å²) >= 11 is 0. The van der Waals surface area contributed by atoms with Gasteiger partial charge in [-0.2, -0.15) is 5.10 Å². The Morgan fingerprint density at radius 2 is 2.29 bits per heavy atom. The fourth-order valence-corrected chi connectivity index (χ4v) is 2.25. The van der Waals surface area contributed by atoms with Crippen molar-refractivity contribution in [3.63, 3.8) is 0 Å². The number of imide groups is 1. The van der Waals surface area contributed by atoms with Crippen LogP contribution in [0.2, 0.25) is 0 Å². The minimum absolute atomic E-state index is 0.224. The molecule has 2 aromatic rings. The molecular formula is C13H15N5O3. The van der Waals surface area contributed by atoms with E-state index in [2.05, 4.69) is 20.5 Å². The van der Waals surface area contributed by atoms with Crippen molar-refractivity contribution in [2.45, 2.75) is 25.8 Å². The van der Waals surface area contributed by atoms with Gasteiger partial charge in [0.2, 0.25) is 5.82 Å². The quantitative estimate of drug-likeness (QED) is 0.797. The third-order valence-corrected chi connectivity index (χ3v) is 3.22. The van der Waals surface area contributed by atoms with Gasteiger partial charge in [0.1, 0.15) is 11.9 Å². The Morgan fingerprint density at radius 3 is 3.00 bits per heavy atom. The monoisotopic (exact) mass is 289 g/mol. The molecule has 1 saturated heterocycles. The molecule has 0 aliphatic carbocycles. The molecule has 0 bridgehead atoms. The zero-order valence-electron chi connectivity index (χ0n) is 11.5. The predicted octanol–water partition coefficient (Wildman–Crippen LogP) is 0.938. The van der Waals surface area contributed by atoms with Crippen molar-refractivity contribution in [1.29, 1.82) is 0 Å². The fourth-order valence-electron chi connectivity index (χ4n) is 2.25. The summed E-state index contributed by atoms with van der Waals surface area (Å²) in [7, 11) is 0. The van der Waals surface area contributed by atoms with E-state index in [0.717, 1.165) is 6.42 Å². The molecular weight excluding hydrogens is 274 g/mol. The third-order valence-electron chi connectivity index (χ3n) is 3.22. The van der Waals surface area contributed by atoms with Crippen molar-refractivity contribution in [3.8, 4) is 11.6 Å². The van der Waals surface area contributed by atoms with Gasteiger partial charge in [0.25, 0.3) is 5.91 Å². The zero-order valence-corrected chi connectivity index (χ0v) is 11.5. The first kappa shape index (κ1) is 13.3. The summed E-state index contributed by atoms with van der Waals surface area (Å²) < 4.78 is 5.20. The lowest BCUT2D eigenvalue weighted by atomic mass is 10.2. The van der Waals surface area contributed by atoms with E-state index < -0.39 is 6.04 Å². The van der Waals surface area contributed by atoms with Gasteiger partial charge in [0, 0.05) is 13.0 Å². The second kappa shape index (κ2) is 5.39. The Balaban J connectivity index is 1.70. The number of hydrogen-bond donors (Lipinski definition) is 2. The maximum atomic E-state index is 12.1. The third kappa shape index (κ3) is 2.51. The largest absolute Gasteiger partial charge is 0.461 e. The first-order valence-corrected chi connectivity index (χ1v) is 6.76. The molecule has 1 fully saturated rings. The highest BCUT2D eigenvalue weighted by Gasteiger charge is 2.37. The van der Waals surface area contributed by atoms with Gasteiger partial charge in [-0.05, 0) is 18.6 Å². The molecule has 0 aromatic carbocycles. The van der Waals surface area contributed by atoms with Gasteiger partial charge < -0.3 is 9.73 Å². The van der Waals surface area contributed by atoms with Crippen LogP contribution in [0.5, 0.6) is 0 Å². The lowest BCUT2D eigenvalue weighted by Crippen LogP contribution is -2.33. The van der Waals surface area contributed by atoms with Gasteiger partial charge >= 0.3 is 6.03 Å². The standard InChI is InChI=1S/C13H15N5O3/c1-2-5-18-12(19)8(14-13(18)20)7-10-15-11(17-16-10)9-4-3-6-21-9/h3-4,6,8H,2,5,7H2,1H3,(H,14,20)(H,15,16,17). The average Bonchev–Trinajstić information content (AvgIpc) is 3.17. The molecule has 8 heteroatoms. The van der Waals surface area contributed by atoms with E-state index in [1.165, 1.54) is 11.2 Å². The predicted molar refractivity (Wildman–Crippen MR) is 72.1 cm³/mol. The molecule has 2 aromatic heterocycles. The number of urea groups is 1. The number of carbonyl (C=O) groups excluding carboxylic acids is 2. The minimum atomic E-state index is -0.596. The lowest BCUT2D eigenvalue weighted by molar-refractivity contribution is -0.127. The maximum Gasteiger partial charge on any atom is 0.324 e. The number of carbonyl (C=O) groups is 2. The van der Waals surface area contributed by atoms with Crippen LogP contribution in [0, 0.1) is 0 Å². The van der Waals surface area contributed by atoms with E-state index in [1.807, 2.05) is 6.92 Å². The summed E-state index contributed by atoms with van der Waals surface area (Å²) in [5, 5.41) is 9.45. The van der Waals surface area contributed by atoms with Gasteiger partial charge in [-0.3, -0.25) is 14.8 Å². The van der Waals surface area contributed by atoms with Crippen LogP contribution < -0.4 is 5.32 Å². The Kier molecular flexibility index (Phi) is 3.43. The van der Waals surface area contributed by atoms with Gasteiger partial charge in [0.15, 0.2) is 5.76 Å². The number of hydrogen-bond acceptors (Lipinski definition) is 5. The van der Waals surface area contributed by atoms with Crippen molar-refractivity contribution in [1.82, 2.24) is 25.4 Å². The molecule has 3 rings (SSSR count). The number of nitrogens with zero attached hydrogens (tertiary/aromatic N) is 3. The van der Waals surface area contributed by atoms with Crippen LogP contribution in [0.15, 0.2) is 22.8 Å². The summed E-state index contributed by atoms with van der Waals surface area (Å²) in [5.41, 5.74) is 0. The second-order valence-electron chi connectivity index (χ2n) is 4.78. The fraction of sp³-hybridized carbons (Fsp3) is 0.385. The molecule has 0 radical (unpaired) electrons. The van der Waals surface area contributed by atoms with Crippen LogP contribution in [-0.4, -0.2) is 44.6 Å².